The van der Waals surface area contributed by atoms with E-state index in [1.165, 1.54) is 0 Å². The number of hydrogen-bond acceptors (Lipinski definition) is 7. The van der Waals surface area contributed by atoms with Crippen molar-refractivity contribution >= 4 is 5.91 Å². The molecule has 1 fully saturated rings. The Labute approximate surface area is 165 Å². The number of ether oxygens (including phenoxy) is 2. The van der Waals surface area contributed by atoms with E-state index in [0.717, 1.165) is 37.2 Å². The SMILES string of the molecule is COCC1(CNC(=O)CCc2nc(-c3ccc(OC)cc3)no2)CCNCC1. The number of methoxy groups -OCH3 is 2. The number of nitrogens with one attached hydrogen (secondary N) is 2. The maximum absolute atomic E-state index is 12.3. The van der Waals surface area contributed by atoms with E-state index in [1.54, 1.807) is 14.2 Å². The number of aromatic nitrogens is 2. The van der Waals surface area contributed by atoms with E-state index in [9.17, 15) is 4.79 Å². The third-order valence-electron chi connectivity index (χ3n) is 5.16. The average Bonchev–Trinajstić information content (AvgIpc) is 3.21. The molecule has 1 aromatic carbocycles. The van der Waals surface area contributed by atoms with E-state index in [-0.39, 0.29) is 11.3 Å². The third kappa shape index (κ3) is 5.30. The van der Waals surface area contributed by atoms with Crippen LogP contribution in [0.4, 0.5) is 0 Å². The predicted octanol–water partition coefficient (Wildman–Crippen LogP) is 1.81. The van der Waals surface area contributed by atoms with Gasteiger partial charge in [-0.25, -0.2) is 0 Å². The molecule has 0 unspecified atom stereocenters. The van der Waals surface area contributed by atoms with Gasteiger partial charge in [0.25, 0.3) is 0 Å². The van der Waals surface area contributed by atoms with Crippen LogP contribution in [0.5, 0.6) is 5.75 Å². The lowest BCUT2D eigenvalue weighted by Crippen LogP contribution is -2.47. The van der Waals surface area contributed by atoms with Crippen molar-refractivity contribution in [3.05, 3.63) is 30.2 Å². The standard InChI is InChI=1S/C20H28N4O4/c1-26-14-20(9-11-21-12-10-20)13-22-17(25)7-8-18-23-19(24-28-18)15-3-5-16(27-2)6-4-15/h3-6,21H,7-14H2,1-2H3,(H,22,25). The topological polar surface area (TPSA) is 98.5 Å². The molecule has 28 heavy (non-hydrogen) atoms. The molecule has 0 atom stereocenters. The number of carbonyl (C=O) groups excluding carboxylic acids is 1. The monoisotopic (exact) mass is 388 g/mol. The van der Waals surface area contributed by atoms with E-state index in [0.29, 0.717) is 37.7 Å². The van der Waals surface area contributed by atoms with Gasteiger partial charge in [-0.2, -0.15) is 4.98 Å². The van der Waals surface area contributed by atoms with Crippen LogP contribution >= 0.6 is 0 Å². The zero-order valence-corrected chi connectivity index (χ0v) is 16.5. The molecule has 8 nitrogen and oxygen atoms in total. The summed E-state index contributed by atoms with van der Waals surface area (Å²) in [5.74, 6) is 1.71. The Balaban J connectivity index is 1.48. The Kier molecular flexibility index (Phi) is 7.00. The zero-order valence-electron chi connectivity index (χ0n) is 16.5. The Bertz CT molecular complexity index is 748. The van der Waals surface area contributed by atoms with Crippen molar-refractivity contribution < 1.29 is 18.8 Å². The summed E-state index contributed by atoms with van der Waals surface area (Å²) in [5.41, 5.74) is 0.856. The number of hydrogen-bond donors (Lipinski definition) is 2. The number of benzene rings is 1. The molecule has 1 aliphatic rings. The van der Waals surface area contributed by atoms with Crippen LogP contribution in [-0.2, 0) is 16.0 Å². The Morgan fingerprint density at radius 2 is 2.00 bits per heavy atom. The minimum absolute atomic E-state index is 0.0155. The average molecular weight is 388 g/mol. The minimum atomic E-state index is -0.0155. The molecule has 0 spiro atoms. The van der Waals surface area contributed by atoms with Gasteiger partial charge in [0, 0.05) is 37.5 Å². The summed E-state index contributed by atoms with van der Waals surface area (Å²) in [4.78, 5) is 16.7. The fourth-order valence-electron chi connectivity index (χ4n) is 3.44. The van der Waals surface area contributed by atoms with Crippen molar-refractivity contribution in [1.82, 2.24) is 20.8 Å². The van der Waals surface area contributed by atoms with E-state index in [1.807, 2.05) is 24.3 Å². The molecule has 8 heteroatoms. The number of rotatable bonds is 9. The molecule has 1 amide bonds. The van der Waals surface area contributed by atoms with Crippen LogP contribution < -0.4 is 15.4 Å². The van der Waals surface area contributed by atoms with Gasteiger partial charge in [-0.3, -0.25) is 4.79 Å². The normalized spacial score (nSPS) is 15.9. The van der Waals surface area contributed by atoms with Gasteiger partial charge in [-0.1, -0.05) is 5.16 Å². The Morgan fingerprint density at radius 1 is 1.25 bits per heavy atom. The quantitative estimate of drug-likeness (QED) is 0.676. The van der Waals surface area contributed by atoms with Crippen LogP contribution in [0.15, 0.2) is 28.8 Å². The second-order valence-corrected chi connectivity index (χ2v) is 7.20. The first-order chi connectivity index (χ1) is 13.6. The molecule has 1 aliphatic heterocycles. The second kappa shape index (κ2) is 9.66. The molecule has 2 N–H and O–H groups in total. The van der Waals surface area contributed by atoms with Gasteiger partial charge in [-0.15, -0.1) is 0 Å². The summed E-state index contributed by atoms with van der Waals surface area (Å²) in [7, 11) is 3.33. The summed E-state index contributed by atoms with van der Waals surface area (Å²) in [6, 6.07) is 7.42. The van der Waals surface area contributed by atoms with Crippen LogP contribution in [-0.4, -0.2) is 56.5 Å². The van der Waals surface area contributed by atoms with Gasteiger partial charge in [0.05, 0.1) is 13.7 Å². The van der Waals surface area contributed by atoms with Gasteiger partial charge in [-0.05, 0) is 50.2 Å². The maximum Gasteiger partial charge on any atom is 0.227 e. The van der Waals surface area contributed by atoms with Crippen molar-refractivity contribution in [1.29, 1.82) is 0 Å². The van der Waals surface area contributed by atoms with Crippen molar-refractivity contribution in [2.24, 2.45) is 5.41 Å². The third-order valence-corrected chi connectivity index (χ3v) is 5.16. The highest BCUT2D eigenvalue weighted by molar-refractivity contribution is 5.76. The lowest BCUT2D eigenvalue weighted by atomic mass is 9.79. The first-order valence-electron chi connectivity index (χ1n) is 9.57. The Morgan fingerprint density at radius 3 is 2.68 bits per heavy atom. The summed E-state index contributed by atoms with van der Waals surface area (Å²) < 4.78 is 15.8. The van der Waals surface area contributed by atoms with Crippen molar-refractivity contribution in [2.45, 2.75) is 25.7 Å². The zero-order chi connectivity index (χ0) is 19.8. The van der Waals surface area contributed by atoms with Crippen LogP contribution in [0.25, 0.3) is 11.4 Å². The van der Waals surface area contributed by atoms with Gasteiger partial charge < -0.3 is 24.6 Å². The van der Waals surface area contributed by atoms with Crippen molar-refractivity contribution in [2.75, 3.05) is 40.5 Å². The van der Waals surface area contributed by atoms with E-state index in [4.69, 9.17) is 14.0 Å². The lowest BCUT2D eigenvalue weighted by Gasteiger charge is -2.37. The molecular formula is C20H28N4O4. The van der Waals surface area contributed by atoms with E-state index >= 15 is 0 Å². The summed E-state index contributed by atoms with van der Waals surface area (Å²) >= 11 is 0. The summed E-state index contributed by atoms with van der Waals surface area (Å²) in [5, 5.41) is 10.4. The van der Waals surface area contributed by atoms with Crippen LogP contribution in [0.2, 0.25) is 0 Å². The van der Waals surface area contributed by atoms with Gasteiger partial charge in [0.15, 0.2) is 0 Å². The minimum Gasteiger partial charge on any atom is -0.497 e. The van der Waals surface area contributed by atoms with Crippen LogP contribution in [0, 0.1) is 5.41 Å². The smallest absolute Gasteiger partial charge is 0.227 e. The molecule has 2 aromatic rings. The first-order valence-corrected chi connectivity index (χ1v) is 9.57. The van der Waals surface area contributed by atoms with Crippen LogP contribution in [0.1, 0.15) is 25.2 Å². The molecule has 0 bridgehead atoms. The van der Waals surface area contributed by atoms with Gasteiger partial charge in [0.2, 0.25) is 17.6 Å². The van der Waals surface area contributed by atoms with Gasteiger partial charge in [0.1, 0.15) is 5.75 Å². The largest absolute Gasteiger partial charge is 0.497 e. The molecule has 2 heterocycles. The second-order valence-electron chi connectivity index (χ2n) is 7.20. The molecule has 0 radical (unpaired) electrons. The highest BCUT2D eigenvalue weighted by Gasteiger charge is 2.32. The number of carbonyl (C=O) groups is 1. The van der Waals surface area contributed by atoms with E-state index in [2.05, 4.69) is 20.8 Å². The lowest BCUT2D eigenvalue weighted by molar-refractivity contribution is -0.122. The van der Waals surface area contributed by atoms with Crippen molar-refractivity contribution in [3.63, 3.8) is 0 Å². The van der Waals surface area contributed by atoms with Crippen LogP contribution in [0.3, 0.4) is 0 Å². The fraction of sp³-hybridized carbons (Fsp3) is 0.550. The number of amides is 1. The highest BCUT2D eigenvalue weighted by atomic mass is 16.5. The molecule has 3 rings (SSSR count). The first kappa shape index (κ1) is 20.3. The van der Waals surface area contributed by atoms with E-state index < -0.39 is 0 Å². The predicted molar refractivity (Wildman–Crippen MR) is 104 cm³/mol. The highest BCUT2D eigenvalue weighted by Crippen LogP contribution is 2.28. The number of piperidine rings is 1. The Hall–Kier alpha value is -2.45. The summed E-state index contributed by atoms with van der Waals surface area (Å²) in [6.07, 6.45) is 2.71. The molecule has 1 saturated heterocycles. The molecule has 152 valence electrons. The number of aryl methyl sites for hydroxylation is 1. The molecule has 1 aromatic heterocycles. The van der Waals surface area contributed by atoms with Gasteiger partial charge >= 0.3 is 0 Å². The molecule has 0 saturated carbocycles. The molecule has 0 aliphatic carbocycles. The fourth-order valence-corrected chi connectivity index (χ4v) is 3.44. The molecular weight excluding hydrogens is 360 g/mol. The summed E-state index contributed by atoms with van der Waals surface area (Å²) in [6.45, 7) is 3.19. The maximum atomic E-state index is 12.3. The van der Waals surface area contributed by atoms with Crippen molar-refractivity contribution in [3.8, 4) is 17.1 Å². The number of nitrogens with zero attached hydrogens (tertiary/aromatic N) is 2.